The Hall–Kier alpha value is -1.12. The average Bonchev–Trinajstić information content (AvgIpc) is 2.15. The molecule has 0 aromatic carbocycles. The van der Waals surface area contributed by atoms with Crippen LogP contribution in [0.25, 0.3) is 0 Å². The topological polar surface area (TPSA) is 37.8 Å². The van der Waals surface area contributed by atoms with Crippen molar-refractivity contribution in [2.24, 2.45) is 0 Å². The Balaban J connectivity index is 2.34. The summed E-state index contributed by atoms with van der Waals surface area (Å²) in [4.78, 5) is 9.35. The Morgan fingerprint density at radius 3 is 2.50 bits per heavy atom. The third-order valence-corrected chi connectivity index (χ3v) is 3.40. The molecule has 0 aliphatic heterocycles. The zero-order valence-corrected chi connectivity index (χ0v) is 10.5. The van der Waals surface area contributed by atoms with E-state index in [2.05, 4.69) is 31.1 Å². The van der Waals surface area contributed by atoms with Crippen molar-refractivity contribution in [3.05, 3.63) is 17.1 Å². The van der Waals surface area contributed by atoms with Gasteiger partial charge in [0.05, 0.1) is 0 Å². The maximum absolute atomic E-state index is 4.69. The van der Waals surface area contributed by atoms with E-state index < -0.39 is 0 Å². The van der Waals surface area contributed by atoms with Gasteiger partial charge >= 0.3 is 0 Å². The third-order valence-electron chi connectivity index (χ3n) is 3.40. The van der Waals surface area contributed by atoms with Gasteiger partial charge in [0, 0.05) is 23.7 Å². The van der Waals surface area contributed by atoms with Gasteiger partial charge in [0.15, 0.2) is 0 Å². The summed E-state index contributed by atoms with van der Waals surface area (Å²) >= 11 is 0. The van der Waals surface area contributed by atoms with Crippen LogP contribution >= 0.6 is 0 Å². The molecule has 1 aromatic heterocycles. The van der Waals surface area contributed by atoms with Crippen molar-refractivity contribution in [2.75, 3.05) is 11.9 Å². The van der Waals surface area contributed by atoms with Crippen LogP contribution in [-0.2, 0) is 6.42 Å². The summed E-state index contributed by atoms with van der Waals surface area (Å²) in [6.45, 7) is 7.30. The van der Waals surface area contributed by atoms with E-state index in [1.807, 2.05) is 0 Å². The van der Waals surface area contributed by atoms with Crippen LogP contribution in [0.4, 0.5) is 5.82 Å². The highest BCUT2D eigenvalue weighted by atomic mass is 15.0. The molecule has 0 radical (unpaired) electrons. The van der Waals surface area contributed by atoms with Gasteiger partial charge in [0.25, 0.3) is 0 Å². The van der Waals surface area contributed by atoms with Crippen LogP contribution < -0.4 is 5.32 Å². The Kier molecular flexibility index (Phi) is 3.42. The minimum atomic E-state index is 0.613. The Morgan fingerprint density at radius 2 is 2.00 bits per heavy atom. The summed E-state index contributed by atoms with van der Waals surface area (Å²) in [6, 6.07) is 0. The van der Waals surface area contributed by atoms with Crippen molar-refractivity contribution >= 4 is 5.82 Å². The second-order valence-corrected chi connectivity index (χ2v) is 4.51. The number of nitrogens with one attached hydrogen (secondary N) is 1. The molecular formula is C13H21N3. The Bertz CT molecular complexity index is 370. The summed E-state index contributed by atoms with van der Waals surface area (Å²) in [5.41, 5.74) is 2.42. The number of aromatic nitrogens is 2. The second-order valence-electron chi connectivity index (χ2n) is 4.51. The van der Waals surface area contributed by atoms with Gasteiger partial charge in [-0.2, -0.15) is 0 Å². The molecule has 1 aliphatic carbocycles. The molecule has 3 heteroatoms. The van der Waals surface area contributed by atoms with E-state index in [-0.39, 0.29) is 0 Å². The molecule has 0 amide bonds. The first kappa shape index (κ1) is 11.4. The van der Waals surface area contributed by atoms with Gasteiger partial charge in [-0.25, -0.2) is 9.97 Å². The maximum Gasteiger partial charge on any atom is 0.134 e. The normalized spacial score (nSPS) is 15.9. The van der Waals surface area contributed by atoms with Crippen molar-refractivity contribution in [3.63, 3.8) is 0 Å². The highest BCUT2D eigenvalue weighted by Gasteiger charge is 2.23. The lowest BCUT2D eigenvalue weighted by Crippen LogP contribution is -2.16. The van der Waals surface area contributed by atoms with Gasteiger partial charge in [-0.15, -0.1) is 0 Å². The first-order valence-electron chi connectivity index (χ1n) is 6.37. The van der Waals surface area contributed by atoms with Crippen LogP contribution in [0.3, 0.4) is 0 Å². The minimum absolute atomic E-state index is 0.613. The maximum atomic E-state index is 4.69. The molecule has 0 spiro atoms. The van der Waals surface area contributed by atoms with E-state index in [1.165, 1.54) is 24.8 Å². The van der Waals surface area contributed by atoms with Crippen LogP contribution in [0.5, 0.6) is 0 Å². The summed E-state index contributed by atoms with van der Waals surface area (Å²) < 4.78 is 0. The number of aryl methyl sites for hydroxylation is 1. The standard InChI is InChI=1S/C13H21N3/c1-4-11-9(3)15-12(10-7-6-8-10)16-13(11)14-5-2/h10H,4-8H2,1-3H3,(H,14,15,16). The average molecular weight is 219 g/mol. The van der Waals surface area contributed by atoms with Crippen LogP contribution in [0, 0.1) is 6.92 Å². The number of anilines is 1. The van der Waals surface area contributed by atoms with E-state index in [1.54, 1.807) is 0 Å². The molecule has 3 nitrogen and oxygen atoms in total. The summed E-state index contributed by atoms with van der Waals surface area (Å²) in [6.07, 6.45) is 4.85. The number of nitrogens with zero attached hydrogens (tertiary/aromatic N) is 2. The van der Waals surface area contributed by atoms with Gasteiger partial charge in [0.1, 0.15) is 11.6 Å². The first-order chi connectivity index (χ1) is 7.76. The number of hydrogen-bond acceptors (Lipinski definition) is 3. The quantitative estimate of drug-likeness (QED) is 0.845. The molecule has 1 saturated carbocycles. The molecule has 0 bridgehead atoms. The van der Waals surface area contributed by atoms with E-state index in [0.717, 1.165) is 30.3 Å². The predicted octanol–water partition coefficient (Wildman–Crippen LogP) is 3.05. The number of rotatable bonds is 4. The lowest BCUT2D eigenvalue weighted by Gasteiger charge is -2.25. The lowest BCUT2D eigenvalue weighted by molar-refractivity contribution is 0.400. The summed E-state index contributed by atoms with van der Waals surface area (Å²) in [7, 11) is 0. The molecule has 1 fully saturated rings. The highest BCUT2D eigenvalue weighted by Crippen LogP contribution is 2.35. The fraction of sp³-hybridized carbons (Fsp3) is 0.692. The molecule has 0 saturated heterocycles. The molecule has 88 valence electrons. The SMILES string of the molecule is CCNc1nc(C2CCC2)nc(C)c1CC. The Morgan fingerprint density at radius 1 is 1.25 bits per heavy atom. The van der Waals surface area contributed by atoms with E-state index in [0.29, 0.717) is 5.92 Å². The van der Waals surface area contributed by atoms with Crippen molar-refractivity contribution in [3.8, 4) is 0 Å². The molecule has 0 unspecified atom stereocenters. The Labute approximate surface area is 97.7 Å². The van der Waals surface area contributed by atoms with Gasteiger partial charge in [-0.05, 0) is 33.1 Å². The molecule has 0 atom stereocenters. The van der Waals surface area contributed by atoms with Gasteiger partial charge in [0.2, 0.25) is 0 Å². The van der Waals surface area contributed by atoms with Crippen LogP contribution in [0.2, 0.25) is 0 Å². The molecular weight excluding hydrogens is 198 g/mol. The minimum Gasteiger partial charge on any atom is -0.370 e. The van der Waals surface area contributed by atoms with Crippen molar-refractivity contribution in [2.45, 2.75) is 52.4 Å². The molecule has 1 heterocycles. The largest absolute Gasteiger partial charge is 0.370 e. The lowest BCUT2D eigenvalue weighted by atomic mass is 9.84. The van der Waals surface area contributed by atoms with Gasteiger partial charge in [-0.1, -0.05) is 13.3 Å². The zero-order valence-electron chi connectivity index (χ0n) is 10.5. The molecule has 1 aromatic rings. The van der Waals surface area contributed by atoms with Crippen LogP contribution in [0.1, 0.15) is 56.1 Å². The van der Waals surface area contributed by atoms with Gasteiger partial charge in [-0.3, -0.25) is 0 Å². The summed E-state index contributed by atoms with van der Waals surface area (Å²) in [5.74, 6) is 2.72. The van der Waals surface area contributed by atoms with Crippen molar-refractivity contribution in [1.82, 2.24) is 9.97 Å². The summed E-state index contributed by atoms with van der Waals surface area (Å²) in [5, 5.41) is 3.36. The third kappa shape index (κ3) is 2.04. The van der Waals surface area contributed by atoms with E-state index in [4.69, 9.17) is 4.98 Å². The van der Waals surface area contributed by atoms with Gasteiger partial charge < -0.3 is 5.32 Å². The molecule has 2 rings (SSSR count). The highest BCUT2D eigenvalue weighted by molar-refractivity contribution is 5.46. The van der Waals surface area contributed by atoms with Crippen molar-refractivity contribution in [1.29, 1.82) is 0 Å². The van der Waals surface area contributed by atoms with Crippen LogP contribution in [-0.4, -0.2) is 16.5 Å². The fourth-order valence-electron chi connectivity index (χ4n) is 2.20. The number of hydrogen-bond donors (Lipinski definition) is 1. The predicted molar refractivity (Wildman–Crippen MR) is 66.9 cm³/mol. The zero-order chi connectivity index (χ0) is 11.5. The first-order valence-corrected chi connectivity index (χ1v) is 6.37. The van der Waals surface area contributed by atoms with E-state index in [9.17, 15) is 0 Å². The molecule has 1 aliphatic rings. The fourth-order valence-corrected chi connectivity index (χ4v) is 2.20. The molecule has 1 N–H and O–H groups in total. The van der Waals surface area contributed by atoms with E-state index >= 15 is 0 Å². The molecule has 16 heavy (non-hydrogen) atoms. The second kappa shape index (κ2) is 4.81. The smallest absolute Gasteiger partial charge is 0.134 e. The monoisotopic (exact) mass is 219 g/mol. The van der Waals surface area contributed by atoms with Crippen molar-refractivity contribution < 1.29 is 0 Å². The van der Waals surface area contributed by atoms with Crippen LogP contribution in [0.15, 0.2) is 0 Å².